The molecule has 0 amide bonds. The van der Waals surface area contributed by atoms with Crippen molar-refractivity contribution in [3.8, 4) is 0 Å². The third-order valence-corrected chi connectivity index (χ3v) is 2.57. The summed E-state index contributed by atoms with van der Waals surface area (Å²) in [7, 11) is 0. The lowest BCUT2D eigenvalue weighted by Crippen LogP contribution is -2.29. The van der Waals surface area contributed by atoms with E-state index in [1.165, 1.54) is 5.57 Å². The highest BCUT2D eigenvalue weighted by molar-refractivity contribution is 5.19. The topological polar surface area (TPSA) is 18.5 Å². The highest BCUT2D eigenvalue weighted by Gasteiger charge is 2.45. The summed E-state index contributed by atoms with van der Waals surface area (Å²) < 4.78 is 11.4. The largest absolute Gasteiger partial charge is 0.347 e. The van der Waals surface area contributed by atoms with Gasteiger partial charge in [0, 0.05) is 0 Å². The van der Waals surface area contributed by atoms with E-state index in [0.29, 0.717) is 0 Å². The van der Waals surface area contributed by atoms with Crippen molar-refractivity contribution in [3.05, 3.63) is 11.6 Å². The molecule has 2 rings (SSSR count). The first kappa shape index (κ1) is 8.27. The molecule has 12 heavy (non-hydrogen) atoms. The van der Waals surface area contributed by atoms with Gasteiger partial charge in [-0.1, -0.05) is 11.6 Å². The molecule has 0 N–H and O–H groups in total. The van der Waals surface area contributed by atoms with Crippen LogP contribution in [0.4, 0.5) is 0 Å². The van der Waals surface area contributed by atoms with Gasteiger partial charge in [-0.15, -0.1) is 0 Å². The van der Waals surface area contributed by atoms with Crippen LogP contribution in [0.3, 0.4) is 0 Å². The number of allylic oxidation sites excluding steroid dienone is 1. The summed E-state index contributed by atoms with van der Waals surface area (Å²) in [5, 5.41) is 0. The van der Waals surface area contributed by atoms with Crippen LogP contribution in [0.5, 0.6) is 0 Å². The Bertz CT molecular complexity index is 230. The molecule has 0 bridgehead atoms. The van der Waals surface area contributed by atoms with Crippen LogP contribution in [0.25, 0.3) is 0 Å². The minimum absolute atomic E-state index is 0.0897. The first-order valence-electron chi connectivity index (χ1n) is 4.54. The number of rotatable bonds is 0. The van der Waals surface area contributed by atoms with Gasteiger partial charge >= 0.3 is 0 Å². The SMILES string of the molecule is CC1=C[C@@]2(CC1)COC(C)(C)O2. The summed E-state index contributed by atoms with van der Waals surface area (Å²) in [6, 6.07) is 0. The zero-order chi connectivity index (χ0) is 8.82. The fraction of sp³-hybridized carbons (Fsp3) is 0.800. The summed E-state index contributed by atoms with van der Waals surface area (Å²) in [6.07, 6.45) is 4.46. The van der Waals surface area contributed by atoms with E-state index >= 15 is 0 Å². The Morgan fingerprint density at radius 2 is 2.17 bits per heavy atom. The van der Waals surface area contributed by atoms with E-state index in [-0.39, 0.29) is 11.4 Å². The van der Waals surface area contributed by atoms with E-state index in [0.717, 1.165) is 19.4 Å². The molecular weight excluding hydrogens is 152 g/mol. The average molecular weight is 168 g/mol. The Kier molecular flexibility index (Phi) is 1.61. The molecule has 1 aliphatic heterocycles. The van der Waals surface area contributed by atoms with Crippen molar-refractivity contribution in [2.45, 2.75) is 45.0 Å². The van der Waals surface area contributed by atoms with Crippen LogP contribution < -0.4 is 0 Å². The molecule has 2 aliphatic rings. The van der Waals surface area contributed by atoms with Crippen LogP contribution in [0.15, 0.2) is 11.6 Å². The van der Waals surface area contributed by atoms with Crippen LogP contribution in [0.1, 0.15) is 33.6 Å². The second kappa shape index (κ2) is 2.33. The average Bonchev–Trinajstić information content (AvgIpc) is 2.41. The standard InChI is InChI=1S/C10H16O2/c1-8-4-5-10(6-8)7-11-9(2,3)12-10/h6H,4-5,7H2,1-3H3/t10-/m0/s1. The van der Waals surface area contributed by atoms with E-state index in [4.69, 9.17) is 9.47 Å². The quantitative estimate of drug-likeness (QED) is 0.516. The van der Waals surface area contributed by atoms with E-state index in [2.05, 4.69) is 13.0 Å². The lowest BCUT2D eigenvalue weighted by molar-refractivity contribution is -0.151. The molecular formula is C10H16O2. The summed E-state index contributed by atoms with van der Waals surface area (Å²) in [5.41, 5.74) is 1.34. The Balaban J connectivity index is 2.17. The fourth-order valence-corrected chi connectivity index (χ4v) is 2.04. The third-order valence-electron chi connectivity index (χ3n) is 2.57. The first-order chi connectivity index (χ1) is 5.52. The minimum atomic E-state index is -0.388. The number of hydrogen-bond acceptors (Lipinski definition) is 2. The zero-order valence-electron chi connectivity index (χ0n) is 8.02. The molecule has 2 nitrogen and oxygen atoms in total. The Morgan fingerprint density at radius 3 is 2.58 bits per heavy atom. The highest BCUT2D eigenvalue weighted by Crippen LogP contribution is 2.40. The molecule has 2 heteroatoms. The van der Waals surface area contributed by atoms with E-state index < -0.39 is 0 Å². The molecule has 0 radical (unpaired) electrons. The maximum atomic E-state index is 5.87. The van der Waals surface area contributed by atoms with E-state index in [1.807, 2.05) is 13.8 Å². The van der Waals surface area contributed by atoms with Gasteiger partial charge in [0.15, 0.2) is 5.79 Å². The molecule has 1 atom stereocenters. The molecule has 0 aromatic rings. The van der Waals surface area contributed by atoms with Crippen LogP contribution in [-0.2, 0) is 9.47 Å². The van der Waals surface area contributed by atoms with Gasteiger partial charge in [-0.3, -0.25) is 0 Å². The molecule has 0 saturated carbocycles. The first-order valence-corrected chi connectivity index (χ1v) is 4.54. The molecule has 1 fully saturated rings. The van der Waals surface area contributed by atoms with Crippen LogP contribution in [0, 0.1) is 0 Å². The Hall–Kier alpha value is -0.340. The second-order valence-corrected chi connectivity index (χ2v) is 4.35. The fourth-order valence-electron chi connectivity index (χ4n) is 2.04. The zero-order valence-corrected chi connectivity index (χ0v) is 8.02. The molecule has 1 spiro atoms. The number of hydrogen-bond donors (Lipinski definition) is 0. The predicted octanol–water partition coefficient (Wildman–Crippen LogP) is 2.25. The van der Waals surface area contributed by atoms with Gasteiger partial charge in [-0.05, 0) is 33.6 Å². The Morgan fingerprint density at radius 1 is 1.42 bits per heavy atom. The Labute approximate surface area is 73.5 Å². The van der Waals surface area contributed by atoms with Crippen molar-refractivity contribution in [2.24, 2.45) is 0 Å². The van der Waals surface area contributed by atoms with Crippen molar-refractivity contribution >= 4 is 0 Å². The third kappa shape index (κ3) is 1.29. The van der Waals surface area contributed by atoms with Crippen molar-refractivity contribution in [3.63, 3.8) is 0 Å². The van der Waals surface area contributed by atoms with Gasteiger partial charge in [-0.2, -0.15) is 0 Å². The van der Waals surface area contributed by atoms with Crippen molar-refractivity contribution < 1.29 is 9.47 Å². The van der Waals surface area contributed by atoms with Gasteiger partial charge in [0.25, 0.3) is 0 Å². The van der Waals surface area contributed by atoms with Gasteiger partial charge in [-0.25, -0.2) is 0 Å². The summed E-state index contributed by atoms with van der Waals surface area (Å²) in [6.45, 7) is 6.83. The lowest BCUT2D eigenvalue weighted by Gasteiger charge is -2.22. The summed E-state index contributed by atoms with van der Waals surface area (Å²) >= 11 is 0. The van der Waals surface area contributed by atoms with Gasteiger partial charge in [0.05, 0.1) is 6.61 Å². The molecule has 1 heterocycles. The predicted molar refractivity (Wildman–Crippen MR) is 46.8 cm³/mol. The summed E-state index contributed by atoms with van der Waals surface area (Å²) in [5.74, 6) is -0.388. The molecule has 0 unspecified atom stereocenters. The van der Waals surface area contributed by atoms with Crippen LogP contribution in [-0.4, -0.2) is 18.0 Å². The molecule has 0 aromatic carbocycles. The van der Waals surface area contributed by atoms with Gasteiger partial charge in [0.2, 0.25) is 0 Å². The molecule has 0 aromatic heterocycles. The molecule has 1 aliphatic carbocycles. The normalized spacial score (nSPS) is 39.1. The van der Waals surface area contributed by atoms with E-state index in [1.54, 1.807) is 0 Å². The second-order valence-electron chi connectivity index (χ2n) is 4.35. The van der Waals surface area contributed by atoms with Crippen molar-refractivity contribution in [1.29, 1.82) is 0 Å². The maximum absolute atomic E-state index is 5.87. The highest BCUT2D eigenvalue weighted by atomic mass is 16.8. The van der Waals surface area contributed by atoms with Crippen molar-refractivity contribution in [2.75, 3.05) is 6.61 Å². The minimum Gasteiger partial charge on any atom is -0.347 e. The van der Waals surface area contributed by atoms with Gasteiger partial charge in [0.1, 0.15) is 5.60 Å². The number of ether oxygens (including phenoxy) is 2. The lowest BCUT2D eigenvalue weighted by atomic mass is 10.1. The summed E-state index contributed by atoms with van der Waals surface area (Å²) in [4.78, 5) is 0. The smallest absolute Gasteiger partial charge is 0.164 e. The molecule has 1 saturated heterocycles. The maximum Gasteiger partial charge on any atom is 0.164 e. The van der Waals surface area contributed by atoms with Crippen molar-refractivity contribution in [1.82, 2.24) is 0 Å². The molecule has 68 valence electrons. The monoisotopic (exact) mass is 168 g/mol. The van der Waals surface area contributed by atoms with E-state index in [9.17, 15) is 0 Å². The van der Waals surface area contributed by atoms with Gasteiger partial charge < -0.3 is 9.47 Å². The van der Waals surface area contributed by atoms with Crippen LogP contribution >= 0.6 is 0 Å². The van der Waals surface area contributed by atoms with Crippen LogP contribution in [0.2, 0.25) is 0 Å².